The molecule has 0 heterocycles. The monoisotopic (exact) mass is 269 g/mol. The largest absolute Gasteiger partial charge is 0.406 e. The molecule has 19 heavy (non-hydrogen) atoms. The van der Waals surface area contributed by atoms with Crippen LogP contribution < -0.4 is 5.32 Å². The first-order valence-electron chi connectivity index (χ1n) is 6.81. The molecule has 2 saturated carbocycles. The van der Waals surface area contributed by atoms with Crippen LogP contribution >= 0.6 is 0 Å². The molecule has 0 amide bonds. The van der Waals surface area contributed by atoms with Crippen LogP contribution in [0.15, 0.2) is 24.3 Å². The number of hydrogen-bond acceptors (Lipinski definition) is 1. The molecule has 2 fully saturated rings. The molecule has 0 aromatic heterocycles. The van der Waals surface area contributed by atoms with Gasteiger partial charge in [0.15, 0.2) is 0 Å². The highest BCUT2D eigenvalue weighted by Crippen LogP contribution is 2.51. The first-order chi connectivity index (χ1) is 8.90. The molecule has 1 aromatic carbocycles. The van der Waals surface area contributed by atoms with E-state index in [2.05, 4.69) is 29.6 Å². The normalized spacial score (nSPS) is 28.8. The van der Waals surface area contributed by atoms with Gasteiger partial charge >= 0.3 is 6.18 Å². The maximum absolute atomic E-state index is 12.8. The highest BCUT2D eigenvalue weighted by Gasteiger charge is 2.64. The molecule has 0 spiro atoms. The van der Waals surface area contributed by atoms with Gasteiger partial charge in [-0.15, -0.1) is 0 Å². The third kappa shape index (κ3) is 2.38. The molecule has 0 bridgehead atoms. The van der Waals surface area contributed by atoms with E-state index >= 15 is 0 Å². The second kappa shape index (κ2) is 4.23. The first-order valence-corrected chi connectivity index (χ1v) is 6.81. The fourth-order valence-electron chi connectivity index (χ4n) is 2.87. The van der Waals surface area contributed by atoms with Crippen molar-refractivity contribution in [3.63, 3.8) is 0 Å². The summed E-state index contributed by atoms with van der Waals surface area (Å²) in [5.41, 5.74) is 0.905. The van der Waals surface area contributed by atoms with E-state index in [1.165, 1.54) is 11.1 Å². The highest BCUT2D eigenvalue weighted by atomic mass is 19.4. The maximum atomic E-state index is 12.8. The lowest BCUT2D eigenvalue weighted by Gasteiger charge is -2.39. The van der Waals surface area contributed by atoms with Gasteiger partial charge in [-0.2, -0.15) is 13.2 Å². The van der Waals surface area contributed by atoms with Crippen LogP contribution in [0.3, 0.4) is 0 Å². The van der Waals surface area contributed by atoms with E-state index < -0.39 is 11.7 Å². The number of alkyl halides is 3. The van der Waals surface area contributed by atoms with Crippen molar-refractivity contribution in [2.75, 3.05) is 0 Å². The molecule has 0 saturated heterocycles. The van der Waals surface area contributed by atoms with E-state index in [0.29, 0.717) is 5.92 Å². The summed E-state index contributed by atoms with van der Waals surface area (Å²) in [5.74, 6) is 0.419. The van der Waals surface area contributed by atoms with E-state index in [9.17, 15) is 13.2 Å². The lowest BCUT2D eigenvalue weighted by atomic mass is 9.75. The Morgan fingerprint density at radius 1 is 1.11 bits per heavy atom. The van der Waals surface area contributed by atoms with Crippen LogP contribution in [0.5, 0.6) is 0 Å². The van der Waals surface area contributed by atoms with Gasteiger partial charge in [-0.25, -0.2) is 0 Å². The van der Waals surface area contributed by atoms with Crippen molar-refractivity contribution >= 4 is 0 Å². The average molecular weight is 269 g/mol. The number of benzene rings is 1. The molecule has 4 heteroatoms. The molecule has 0 aliphatic heterocycles. The molecule has 1 aromatic rings. The Bertz CT molecular complexity index is 453. The topological polar surface area (TPSA) is 12.0 Å². The molecule has 2 aliphatic carbocycles. The molecule has 0 radical (unpaired) electrons. The van der Waals surface area contributed by atoms with Crippen LogP contribution in [0.4, 0.5) is 13.2 Å². The molecule has 1 nitrogen and oxygen atoms in total. The van der Waals surface area contributed by atoms with Crippen LogP contribution in [0.25, 0.3) is 0 Å². The van der Waals surface area contributed by atoms with Gasteiger partial charge in [0.05, 0.1) is 0 Å². The van der Waals surface area contributed by atoms with Gasteiger partial charge in [0.2, 0.25) is 0 Å². The fraction of sp³-hybridized carbons (Fsp3) is 0.600. The van der Waals surface area contributed by atoms with Crippen molar-refractivity contribution < 1.29 is 13.2 Å². The van der Waals surface area contributed by atoms with Gasteiger partial charge in [-0.05, 0) is 44.1 Å². The zero-order chi connectivity index (χ0) is 13.7. The Labute approximate surface area is 111 Å². The minimum atomic E-state index is -4.10. The Kier molecular flexibility index (Phi) is 2.89. The summed E-state index contributed by atoms with van der Waals surface area (Å²) in [6.07, 6.45) is -1.98. The predicted octanol–water partition coefficient (Wildman–Crippen LogP) is 3.93. The van der Waals surface area contributed by atoms with E-state index in [1.54, 1.807) is 0 Å². The number of halogens is 3. The summed E-state index contributed by atoms with van der Waals surface area (Å²) in [7, 11) is 0. The summed E-state index contributed by atoms with van der Waals surface area (Å²) in [4.78, 5) is 0. The smallest absolute Gasteiger partial charge is 0.301 e. The summed E-state index contributed by atoms with van der Waals surface area (Å²) in [6, 6.07) is 8.33. The molecule has 104 valence electrons. The zero-order valence-corrected chi connectivity index (χ0v) is 10.9. The van der Waals surface area contributed by atoms with Crippen molar-refractivity contribution in [2.24, 2.45) is 0 Å². The second-order valence-corrected chi connectivity index (χ2v) is 6.00. The number of aryl methyl sites for hydroxylation is 1. The second-order valence-electron chi connectivity index (χ2n) is 6.00. The first kappa shape index (κ1) is 13.0. The summed E-state index contributed by atoms with van der Waals surface area (Å²) in [5, 5.41) is 2.83. The molecule has 0 unspecified atom stereocenters. The Morgan fingerprint density at radius 3 is 2.16 bits per heavy atom. The highest BCUT2D eigenvalue weighted by molar-refractivity contribution is 5.27. The average Bonchev–Trinajstić information content (AvgIpc) is 3.05. The third-order valence-corrected chi connectivity index (χ3v) is 4.46. The SMILES string of the molecule is Cc1ccc(C2CC(NC3(C(F)(F)F)CC3)C2)cc1. The number of nitrogens with one attached hydrogen (secondary N) is 1. The molecule has 2 aliphatic rings. The van der Waals surface area contributed by atoms with Crippen LogP contribution in [0.1, 0.15) is 42.7 Å². The summed E-state index contributed by atoms with van der Waals surface area (Å²) >= 11 is 0. The third-order valence-electron chi connectivity index (χ3n) is 4.46. The van der Waals surface area contributed by atoms with Gasteiger partial charge in [0.1, 0.15) is 5.54 Å². The lowest BCUT2D eigenvalue weighted by molar-refractivity contribution is -0.169. The fourth-order valence-corrected chi connectivity index (χ4v) is 2.87. The molecular formula is C15H18F3N. The molecule has 1 N–H and O–H groups in total. The molecule has 3 rings (SSSR count). The number of hydrogen-bond donors (Lipinski definition) is 1. The van der Waals surface area contributed by atoms with Crippen LogP contribution in [-0.2, 0) is 0 Å². The van der Waals surface area contributed by atoms with Crippen LogP contribution in [0.2, 0.25) is 0 Å². The van der Waals surface area contributed by atoms with Crippen molar-refractivity contribution in [1.29, 1.82) is 0 Å². The van der Waals surface area contributed by atoms with E-state index in [1.807, 2.05) is 6.92 Å². The Hall–Kier alpha value is -1.03. The lowest BCUT2D eigenvalue weighted by Crippen LogP contribution is -2.53. The van der Waals surface area contributed by atoms with Crippen LogP contribution in [-0.4, -0.2) is 17.8 Å². The Balaban J connectivity index is 1.55. The predicted molar refractivity (Wildman–Crippen MR) is 68.1 cm³/mol. The van der Waals surface area contributed by atoms with E-state index in [4.69, 9.17) is 0 Å². The minimum Gasteiger partial charge on any atom is -0.301 e. The zero-order valence-electron chi connectivity index (χ0n) is 10.9. The quantitative estimate of drug-likeness (QED) is 0.876. The molecule has 0 atom stereocenters. The number of rotatable bonds is 3. The minimum absolute atomic E-state index is 0.0235. The summed E-state index contributed by atoms with van der Waals surface area (Å²) in [6.45, 7) is 2.04. The van der Waals surface area contributed by atoms with E-state index in [0.717, 1.165) is 12.8 Å². The van der Waals surface area contributed by atoms with Gasteiger partial charge < -0.3 is 5.32 Å². The Morgan fingerprint density at radius 2 is 1.68 bits per heavy atom. The molecular weight excluding hydrogens is 251 g/mol. The van der Waals surface area contributed by atoms with Gasteiger partial charge in [-0.3, -0.25) is 0 Å². The van der Waals surface area contributed by atoms with Crippen LogP contribution in [0, 0.1) is 6.92 Å². The van der Waals surface area contributed by atoms with Gasteiger partial charge in [-0.1, -0.05) is 29.8 Å². The van der Waals surface area contributed by atoms with Gasteiger partial charge in [0, 0.05) is 6.04 Å². The van der Waals surface area contributed by atoms with E-state index in [-0.39, 0.29) is 18.9 Å². The van der Waals surface area contributed by atoms with Crippen molar-refractivity contribution in [3.05, 3.63) is 35.4 Å². The van der Waals surface area contributed by atoms with Crippen molar-refractivity contribution in [2.45, 2.75) is 56.3 Å². The standard InChI is InChI=1S/C15H18F3N/c1-10-2-4-11(5-3-10)12-8-13(9-12)19-14(6-7-14)15(16,17)18/h2-5,12-13,19H,6-9H2,1H3. The van der Waals surface area contributed by atoms with Crippen molar-refractivity contribution in [3.8, 4) is 0 Å². The summed E-state index contributed by atoms with van der Waals surface area (Å²) < 4.78 is 38.5. The maximum Gasteiger partial charge on any atom is 0.406 e. The van der Waals surface area contributed by atoms with Gasteiger partial charge in [0.25, 0.3) is 0 Å². The van der Waals surface area contributed by atoms with Crippen molar-refractivity contribution in [1.82, 2.24) is 5.32 Å².